The highest BCUT2D eigenvalue weighted by molar-refractivity contribution is 14.0. The van der Waals surface area contributed by atoms with Crippen LogP contribution in [0.1, 0.15) is 31.8 Å². The third kappa shape index (κ3) is 10.6. The molecule has 1 rings (SSSR count). The van der Waals surface area contributed by atoms with Crippen molar-refractivity contribution in [2.75, 3.05) is 25.9 Å². The lowest BCUT2D eigenvalue weighted by Crippen LogP contribution is -2.47. The molecule has 0 radical (unpaired) electrons. The summed E-state index contributed by atoms with van der Waals surface area (Å²) in [7, 11) is -3.31. The zero-order valence-electron chi connectivity index (χ0n) is 14.7. The number of aliphatic hydroxyl groups is 1. The molecule has 0 aliphatic carbocycles. The van der Waals surface area contributed by atoms with Gasteiger partial charge in [-0.2, -0.15) is 0 Å². The van der Waals surface area contributed by atoms with E-state index in [-0.39, 0.29) is 37.1 Å². The number of rotatable bonds is 8. The van der Waals surface area contributed by atoms with Gasteiger partial charge in [-0.05, 0) is 32.9 Å². The maximum atomic E-state index is 11.4. The number of sulfonamides is 1. The molecule has 0 amide bonds. The molecule has 1 atom stereocenters. The molecule has 0 spiro atoms. The normalized spacial score (nSPS) is 13.9. The number of nitrogens with zero attached hydrogens (tertiary/aromatic N) is 1. The molecule has 0 aliphatic heterocycles. The molecule has 7 nitrogen and oxygen atoms in total. The van der Waals surface area contributed by atoms with Gasteiger partial charge in [-0.15, -0.1) is 35.3 Å². The fourth-order valence-electron chi connectivity index (χ4n) is 1.95. The van der Waals surface area contributed by atoms with Crippen LogP contribution in [0.3, 0.4) is 0 Å². The molecule has 0 aliphatic rings. The van der Waals surface area contributed by atoms with E-state index in [0.29, 0.717) is 16.8 Å². The first-order valence-electron chi connectivity index (χ1n) is 7.47. The quantitative estimate of drug-likeness (QED) is 0.236. The summed E-state index contributed by atoms with van der Waals surface area (Å²) in [6.07, 6.45) is 0.415. The summed E-state index contributed by atoms with van der Waals surface area (Å²) in [5.74, 6) is 0.502. The molecule has 4 N–H and O–H groups in total. The summed E-state index contributed by atoms with van der Waals surface area (Å²) in [5, 5.41) is 16.2. The van der Waals surface area contributed by atoms with E-state index >= 15 is 0 Å². The van der Waals surface area contributed by atoms with Crippen molar-refractivity contribution >= 4 is 62.9 Å². The van der Waals surface area contributed by atoms with E-state index in [9.17, 15) is 13.5 Å². The van der Waals surface area contributed by atoms with Gasteiger partial charge in [0.15, 0.2) is 5.96 Å². The van der Waals surface area contributed by atoms with E-state index in [2.05, 4.69) is 20.3 Å². The van der Waals surface area contributed by atoms with Crippen LogP contribution >= 0.6 is 46.9 Å². The van der Waals surface area contributed by atoms with Crippen LogP contribution in [-0.2, 0) is 10.0 Å². The predicted octanol–water partition coefficient (Wildman–Crippen LogP) is 1.94. The van der Waals surface area contributed by atoms with Crippen LogP contribution in [0.15, 0.2) is 17.1 Å². The smallest absolute Gasteiger partial charge is 0.209 e. The monoisotopic (exact) mass is 524 g/mol. The number of hydrogen-bond acceptors (Lipinski definition) is 5. The Morgan fingerprint density at radius 1 is 1.40 bits per heavy atom. The minimum absolute atomic E-state index is 0. The maximum absolute atomic E-state index is 11.4. The third-order valence-corrected chi connectivity index (χ3v) is 5.08. The Kier molecular flexibility index (Phi) is 10.8. The van der Waals surface area contributed by atoms with Crippen LogP contribution in [0.25, 0.3) is 0 Å². The van der Waals surface area contributed by atoms with Crippen molar-refractivity contribution < 1.29 is 13.5 Å². The van der Waals surface area contributed by atoms with Crippen molar-refractivity contribution in [1.82, 2.24) is 15.4 Å². The van der Waals surface area contributed by atoms with Crippen LogP contribution in [-0.4, -0.2) is 50.9 Å². The van der Waals surface area contributed by atoms with Gasteiger partial charge in [0.05, 0.1) is 17.1 Å². The number of halogens is 2. The van der Waals surface area contributed by atoms with E-state index in [4.69, 9.17) is 11.6 Å². The van der Waals surface area contributed by atoms with Crippen molar-refractivity contribution in [2.45, 2.75) is 32.4 Å². The molecule has 0 saturated heterocycles. The molecule has 25 heavy (non-hydrogen) atoms. The van der Waals surface area contributed by atoms with Crippen molar-refractivity contribution in [2.24, 2.45) is 4.99 Å². The van der Waals surface area contributed by atoms with Gasteiger partial charge in [-0.3, -0.25) is 4.99 Å². The molecule has 0 fully saturated rings. The van der Waals surface area contributed by atoms with Gasteiger partial charge >= 0.3 is 0 Å². The second-order valence-electron chi connectivity index (χ2n) is 5.99. The fraction of sp³-hybridized carbons (Fsp3) is 0.643. The summed E-state index contributed by atoms with van der Waals surface area (Å²) in [4.78, 5) is 5.14. The first-order valence-corrected chi connectivity index (χ1v) is 10.6. The number of aliphatic hydroxyl groups excluding tert-OH is 1. The SMILES string of the molecule is CCNC(=NCC(C)(C)NS(C)(=O)=O)NCC(O)c1ccc(Cl)s1.I. The Hall–Kier alpha value is -0.140. The van der Waals surface area contributed by atoms with Crippen molar-refractivity contribution in [3.63, 3.8) is 0 Å². The summed E-state index contributed by atoms with van der Waals surface area (Å²) >= 11 is 7.19. The van der Waals surface area contributed by atoms with E-state index in [1.165, 1.54) is 11.3 Å². The third-order valence-electron chi connectivity index (χ3n) is 2.82. The Morgan fingerprint density at radius 3 is 2.52 bits per heavy atom. The molecule has 1 aromatic rings. The molecule has 0 bridgehead atoms. The fourth-order valence-corrected chi connectivity index (χ4v) is 4.07. The van der Waals surface area contributed by atoms with Gasteiger partial charge < -0.3 is 15.7 Å². The summed E-state index contributed by atoms with van der Waals surface area (Å²) in [6.45, 7) is 6.59. The lowest BCUT2D eigenvalue weighted by Gasteiger charge is -2.23. The standard InChI is InChI=1S/C14H25ClN4O3S2.HI/c1-5-16-13(18-9-14(2,3)19-24(4,21)22)17-8-10(20)11-6-7-12(15)23-11;/h6-7,10,19-20H,5,8-9H2,1-4H3,(H2,16,17,18);1H. The highest BCUT2D eigenvalue weighted by atomic mass is 127. The minimum Gasteiger partial charge on any atom is -0.386 e. The topological polar surface area (TPSA) is 103 Å². The van der Waals surface area contributed by atoms with E-state index < -0.39 is 21.7 Å². The first-order chi connectivity index (χ1) is 11.0. The largest absolute Gasteiger partial charge is 0.386 e. The van der Waals surface area contributed by atoms with Crippen molar-refractivity contribution in [3.8, 4) is 0 Å². The molecular formula is C14H26ClIN4O3S2. The van der Waals surface area contributed by atoms with Gasteiger partial charge in [0, 0.05) is 23.5 Å². The molecular weight excluding hydrogens is 499 g/mol. The second kappa shape index (κ2) is 10.9. The molecule has 11 heteroatoms. The highest BCUT2D eigenvalue weighted by Crippen LogP contribution is 2.26. The first kappa shape index (κ1) is 24.9. The molecule has 1 heterocycles. The zero-order chi connectivity index (χ0) is 18.4. The number of guanidine groups is 1. The van der Waals surface area contributed by atoms with Gasteiger partial charge in [0.25, 0.3) is 0 Å². The molecule has 1 unspecified atom stereocenters. The van der Waals surface area contributed by atoms with Crippen LogP contribution in [0.5, 0.6) is 0 Å². The summed E-state index contributed by atoms with van der Waals surface area (Å²) in [6, 6.07) is 3.52. The lowest BCUT2D eigenvalue weighted by atomic mass is 10.1. The van der Waals surface area contributed by atoms with Gasteiger partial charge in [-0.1, -0.05) is 11.6 Å². The van der Waals surface area contributed by atoms with Gasteiger partial charge in [-0.25, -0.2) is 13.1 Å². The second-order valence-corrected chi connectivity index (χ2v) is 9.49. The van der Waals surface area contributed by atoms with Crippen LogP contribution < -0.4 is 15.4 Å². The summed E-state index contributed by atoms with van der Waals surface area (Å²) in [5.41, 5.74) is -0.712. The van der Waals surface area contributed by atoms with E-state index in [1.807, 2.05) is 6.92 Å². The van der Waals surface area contributed by atoms with Crippen molar-refractivity contribution in [1.29, 1.82) is 0 Å². The number of hydrogen-bond donors (Lipinski definition) is 4. The minimum atomic E-state index is -3.31. The maximum Gasteiger partial charge on any atom is 0.209 e. The van der Waals surface area contributed by atoms with Gasteiger partial charge in [0.2, 0.25) is 10.0 Å². The van der Waals surface area contributed by atoms with Crippen LogP contribution in [0, 0.1) is 0 Å². The Morgan fingerprint density at radius 2 is 2.04 bits per heavy atom. The van der Waals surface area contributed by atoms with E-state index in [1.54, 1.807) is 26.0 Å². The Labute approximate surface area is 175 Å². The lowest BCUT2D eigenvalue weighted by molar-refractivity contribution is 0.184. The Bertz CT molecular complexity index is 665. The summed E-state index contributed by atoms with van der Waals surface area (Å²) < 4.78 is 25.9. The van der Waals surface area contributed by atoms with E-state index in [0.717, 1.165) is 11.1 Å². The molecule has 0 aromatic carbocycles. The van der Waals surface area contributed by atoms with Crippen LogP contribution in [0.2, 0.25) is 4.34 Å². The molecule has 146 valence electrons. The average molecular weight is 525 g/mol. The number of thiophene rings is 1. The molecule has 0 saturated carbocycles. The number of aliphatic imine (C=N–C) groups is 1. The molecule has 1 aromatic heterocycles. The Balaban J connectivity index is 0.00000576. The average Bonchev–Trinajstić information content (AvgIpc) is 2.85. The highest BCUT2D eigenvalue weighted by Gasteiger charge is 2.22. The predicted molar refractivity (Wildman–Crippen MR) is 116 cm³/mol. The number of nitrogens with one attached hydrogen (secondary N) is 3. The zero-order valence-corrected chi connectivity index (χ0v) is 19.4. The van der Waals surface area contributed by atoms with Gasteiger partial charge in [0.1, 0.15) is 6.10 Å². The van der Waals surface area contributed by atoms with Crippen molar-refractivity contribution in [3.05, 3.63) is 21.3 Å². The van der Waals surface area contributed by atoms with Crippen LogP contribution in [0.4, 0.5) is 0 Å².